The zero-order valence-electron chi connectivity index (χ0n) is 15.2. The van der Waals surface area contributed by atoms with Gasteiger partial charge in [-0.15, -0.1) is 0 Å². The van der Waals surface area contributed by atoms with Crippen LogP contribution in [0.3, 0.4) is 0 Å². The van der Waals surface area contributed by atoms with E-state index in [1.807, 2.05) is 23.2 Å². The number of hydrogen-bond donors (Lipinski definition) is 1. The molecule has 1 aliphatic heterocycles. The smallest absolute Gasteiger partial charge is 0.223 e. The molecule has 0 aliphatic carbocycles. The van der Waals surface area contributed by atoms with E-state index >= 15 is 0 Å². The van der Waals surface area contributed by atoms with Gasteiger partial charge >= 0.3 is 0 Å². The molecule has 0 unspecified atom stereocenters. The molecule has 0 aromatic heterocycles. The molecule has 0 spiro atoms. The molecular weight excluding hydrogens is 298 g/mol. The van der Waals surface area contributed by atoms with Crippen LogP contribution in [0, 0.1) is 11.8 Å². The lowest BCUT2D eigenvalue weighted by Gasteiger charge is -2.32. The minimum Gasteiger partial charge on any atom is -0.404 e. The molecule has 130 valence electrons. The number of fused-ring (bicyclic) bond motifs is 1. The molecule has 0 radical (unpaired) electrons. The summed E-state index contributed by atoms with van der Waals surface area (Å²) >= 11 is 0. The number of amides is 1. The fourth-order valence-corrected chi connectivity index (χ4v) is 3.05. The van der Waals surface area contributed by atoms with Crippen molar-refractivity contribution in [1.82, 2.24) is 0 Å². The molecule has 2 N–H and O–H groups in total. The molecule has 1 aromatic rings. The first-order valence-electron chi connectivity index (χ1n) is 8.75. The van der Waals surface area contributed by atoms with Crippen LogP contribution in [0.2, 0.25) is 0 Å². The van der Waals surface area contributed by atoms with Gasteiger partial charge in [-0.1, -0.05) is 26.8 Å². The van der Waals surface area contributed by atoms with Crippen LogP contribution in [-0.2, 0) is 11.2 Å². The van der Waals surface area contributed by atoms with Crippen LogP contribution in [0.1, 0.15) is 45.2 Å². The van der Waals surface area contributed by atoms with Gasteiger partial charge in [-0.2, -0.15) is 0 Å². The highest BCUT2D eigenvalue weighted by Gasteiger charge is 2.24. The Labute approximate surface area is 145 Å². The summed E-state index contributed by atoms with van der Waals surface area (Å²) in [5.41, 5.74) is 10.0. The number of rotatable bonds is 5. The third kappa shape index (κ3) is 4.47. The molecule has 0 fully saturated rings. The van der Waals surface area contributed by atoms with Crippen molar-refractivity contribution in [1.29, 1.82) is 0 Å². The SMILES string of the molecule is CC(=O)N1C[C@H](C)Cc2cc(C(C=NCCC(C)C)=CN)ccc21. The third-order valence-corrected chi connectivity index (χ3v) is 4.39. The first-order chi connectivity index (χ1) is 11.4. The van der Waals surface area contributed by atoms with Crippen molar-refractivity contribution in [2.45, 2.75) is 40.5 Å². The zero-order valence-corrected chi connectivity index (χ0v) is 15.2. The summed E-state index contributed by atoms with van der Waals surface area (Å²) < 4.78 is 0. The Morgan fingerprint density at radius 2 is 2.21 bits per heavy atom. The van der Waals surface area contributed by atoms with Crippen LogP contribution in [0.15, 0.2) is 29.4 Å². The number of nitrogens with zero attached hydrogens (tertiary/aromatic N) is 2. The van der Waals surface area contributed by atoms with Gasteiger partial charge in [-0.05, 0) is 47.9 Å². The number of hydrogen-bond acceptors (Lipinski definition) is 3. The Balaban J connectivity index is 2.23. The summed E-state index contributed by atoms with van der Waals surface area (Å²) in [6, 6.07) is 6.20. The van der Waals surface area contributed by atoms with Gasteiger partial charge in [0.05, 0.1) is 0 Å². The Morgan fingerprint density at radius 3 is 2.83 bits per heavy atom. The standard InChI is InChI=1S/C20H29N3O/c1-14(2)7-8-22-12-19(11-21)17-5-6-20-18(10-17)9-15(3)13-23(20)16(4)24/h5-6,10-12,14-15H,7-9,13,21H2,1-4H3/t15-/m1/s1. The molecule has 0 bridgehead atoms. The highest BCUT2D eigenvalue weighted by Crippen LogP contribution is 2.32. The molecule has 1 aliphatic rings. The highest BCUT2D eigenvalue weighted by molar-refractivity contribution is 6.10. The largest absolute Gasteiger partial charge is 0.404 e. The number of benzene rings is 1. The fourth-order valence-electron chi connectivity index (χ4n) is 3.05. The number of anilines is 1. The quantitative estimate of drug-likeness (QED) is 0.839. The second-order valence-corrected chi connectivity index (χ2v) is 7.12. The maximum atomic E-state index is 11.9. The van der Waals surface area contributed by atoms with Crippen molar-refractivity contribution in [3.63, 3.8) is 0 Å². The number of carbonyl (C=O) groups excluding carboxylic acids is 1. The molecule has 2 rings (SSSR count). The van der Waals surface area contributed by atoms with Crippen LogP contribution < -0.4 is 10.6 Å². The number of aliphatic imine (C=N–C) groups is 1. The van der Waals surface area contributed by atoms with Gasteiger partial charge in [0.15, 0.2) is 0 Å². The van der Waals surface area contributed by atoms with Crippen LogP contribution in [0.5, 0.6) is 0 Å². The van der Waals surface area contributed by atoms with Crippen molar-refractivity contribution in [3.05, 3.63) is 35.5 Å². The Bertz CT molecular complexity index is 646. The average molecular weight is 327 g/mol. The maximum absolute atomic E-state index is 11.9. The third-order valence-electron chi connectivity index (χ3n) is 4.39. The Kier molecular flexibility index (Phi) is 6.18. The normalized spacial score (nSPS) is 18.3. The lowest BCUT2D eigenvalue weighted by atomic mass is 9.91. The summed E-state index contributed by atoms with van der Waals surface area (Å²) in [6.45, 7) is 9.80. The Hall–Kier alpha value is -2.10. The number of allylic oxidation sites excluding steroid dienone is 1. The first-order valence-corrected chi connectivity index (χ1v) is 8.75. The van der Waals surface area contributed by atoms with Gasteiger partial charge in [0.25, 0.3) is 0 Å². The lowest BCUT2D eigenvalue weighted by molar-refractivity contribution is -0.116. The minimum absolute atomic E-state index is 0.0976. The van der Waals surface area contributed by atoms with E-state index < -0.39 is 0 Å². The molecule has 4 heteroatoms. The highest BCUT2D eigenvalue weighted by atomic mass is 16.2. The molecule has 1 amide bonds. The van der Waals surface area contributed by atoms with Gasteiger partial charge in [-0.25, -0.2) is 0 Å². The fraction of sp³-hybridized carbons (Fsp3) is 0.500. The number of carbonyl (C=O) groups is 1. The molecule has 1 heterocycles. The topological polar surface area (TPSA) is 58.7 Å². The van der Waals surface area contributed by atoms with Gasteiger partial charge in [0.2, 0.25) is 5.91 Å². The van der Waals surface area contributed by atoms with E-state index in [0.717, 1.165) is 42.8 Å². The van der Waals surface area contributed by atoms with Crippen molar-refractivity contribution in [2.75, 3.05) is 18.0 Å². The average Bonchev–Trinajstić information content (AvgIpc) is 2.53. The van der Waals surface area contributed by atoms with Crippen LogP contribution in [0.25, 0.3) is 5.57 Å². The van der Waals surface area contributed by atoms with E-state index in [-0.39, 0.29) is 5.91 Å². The van der Waals surface area contributed by atoms with E-state index in [2.05, 4.69) is 31.8 Å². The second-order valence-electron chi connectivity index (χ2n) is 7.12. The summed E-state index contributed by atoms with van der Waals surface area (Å²) in [5, 5.41) is 0. The van der Waals surface area contributed by atoms with E-state index in [9.17, 15) is 4.79 Å². The molecule has 1 atom stereocenters. The lowest BCUT2D eigenvalue weighted by Crippen LogP contribution is -2.37. The van der Waals surface area contributed by atoms with Gasteiger partial charge in [0.1, 0.15) is 0 Å². The predicted octanol–water partition coefficient (Wildman–Crippen LogP) is 3.65. The van der Waals surface area contributed by atoms with E-state index in [1.54, 1.807) is 13.1 Å². The Morgan fingerprint density at radius 1 is 1.46 bits per heavy atom. The molecule has 1 aromatic carbocycles. The summed E-state index contributed by atoms with van der Waals surface area (Å²) in [5.74, 6) is 1.21. The van der Waals surface area contributed by atoms with Crippen molar-refractivity contribution >= 4 is 23.4 Å². The minimum atomic E-state index is 0.0976. The van der Waals surface area contributed by atoms with E-state index in [4.69, 9.17) is 5.73 Å². The van der Waals surface area contributed by atoms with Gasteiger partial charge in [-0.3, -0.25) is 9.79 Å². The maximum Gasteiger partial charge on any atom is 0.223 e. The predicted molar refractivity (Wildman–Crippen MR) is 102 cm³/mol. The van der Waals surface area contributed by atoms with Crippen LogP contribution >= 0.6 is 0 Å². The van der Waals surface area contributed by atoms with Crippen molar-refractivity contribution in [2.24, 2.45) is 22.6 Å². The van der Waals surface area contributed by atoms with E-state index in [0.29, 0.717) is 11.8 Å². The molecule has 4 nitrogen and oxygen atoms in total. The summed E-state index contributed by atoms with van der Waals surface area (Å²) in [7, 11) is 0. The second kappa shape index (κ2) is 8.13. The summed E-state index contributed by atoms with van der Waals surface area (Å²) in [4.78, 5) is 18.2. The van der Waals surface area contributed by atoms with Crippen molar-refractivity contribution in [3.8, 4) is 0 Å². The first kappa shape index (κ1) is 18.2. The molecule has 0 saturated heterocycles. The molecule has 24 heavy (non-hydrogen) atoms. The monoisotopic (exact) mass is 327 g/mol. The summed E-state index contributed by atoms with van der Waals surface area (Å²) in [6.07, 6.45) is 5.52. The van der Waals surface area contributed by atoms with E-state index in [1.165, 1.54) is 5.56 Å². The number of nitrogens with two attached hydrogens (primary N) is 1. The van der Waals surface area contributed by atoms with Crippen molar-refractivity contribution < 1.29 is 4.79 Å². The van der Waals surface area contributed by atoms with Crippen LogP contribution in [-0.4, -0.2) is 25.2 Å². The zero-order chi connectivity index (χ0) is 17.7. The molecular formula is C20H29N3O. The molecule has 0 saturated carbocycles. The van der Waals surface area contributed by atoms with Gasteiger partial charge < -0.3 is 10.6 Å². The van der Waals surface area contributed by atoms with Crippen LogP contribution in [0.4, 0.5) is 5.69 Å². The van der Waals surface area contributed by atoms with Gasteiger partial charge in [0, 0.05) is 43.7 Å².